The number of nitrogens with zero attached hydrogens (tertiary/aromatic N) is 5. The summed E-state index contributed by atoms with van der Waals surface area (Å²) in [7, 11) is -5.69. The Labute approximate surface area is 320 Å². The molecular weight excluding hydrogens is 821 g/mol. The molecule has 0 unspecified atom stereocenters. The van der Waals surface area contributed by atoms with E-state index in [2.05, 4.69) is 30.2 Å². The first-order chi connectivity index (χ1) is 26.0. The molecule has 0 fully saturated rings. The number of carbonyl (C=O) groups excluding carboxylic acids is 2. The number of halogens is 4. The highest BCUT2D eigenvalue weighted by atomic mass is 32.2. The smallest absolute Gasteiger partial charge is 0.445 e. The standard InChI is InChI=1S/C16H19N5O9S2.C14H13F4N3O2S/c1-29-12-7-13(30-2)19-15(18-12)20-16(24)21-32(27,28)11-6-9(8-17-31(3,25)26)4-5-10(11)14(22)23;1-8(2)21(10-5-3-9(15)4-6-10)11(22)7-23-13-20-19-12(24-13)14(16,17)18/h4-7,17H,8H2,1-3H3,(H,22,23)(H2,18,19,20,21,24);3-6,8H,7H2,1-2H3. The largest absolute Gasteiger partial charge is 0.481 e. The van der Waals surface area contributed by atoms with Gasteiger partial charge in [0.2, 0.25) is 32.7 Å². The van der Waals surface area contributed by atoms with Crippen LogP contribution in [-0.4, -0.2) is 93.1 Å². The van der Waals surface area contributed by atoms with Crippen LogP contribution in [0.2, 0.25) is 0 Å². The number of amides is 3. The number of alkyl halides is 3. The Morgan fingerprint density at radius 3 is 2.05 bits per heavy atom. The molecule has 0 saturated carbocycles. The number of aromatic carboxylic acids is 1. The van der Waals surface area contributed by atoms with Gasteiger partial charge in [-0.25, -0.2) is 40.3 Å². The van der Waals surface area contributed by atoms with E-state index >= 15 is 0 Å². The number of aromatic nitrogens is 4. The van der Waals surface area contributed by atoms with Crippen LogP contribution in [0.25, 0.3) is 0 Å². The van der Waals surface area contributed by atoms with Crippen LogP contribution in [0.4, 0.5) is 34.0 Å². The van der Waals surface area contributed by atoms with Crippen LogP contribution < -0.4 is 33.9 Å². The quantitative estimate of drug-likeness (QED) is 0.133. The Hall–Kier alpha value is -5.73. The lowest BCUT2D eigenvalue weighted by Crippen LogP contribution is -2.40. The van der Waals surface area contributed by atoms with E-state index in [1.165, 1.54) is 55.5 Å². The van der Waals surface area contributed by atoms with Crippen molar-refractivity contribution in [1.82, 2.24) is 29.6 Å². The van der Waals surface area contributed by atoms with Crippen LogP contribution in [-0.2, 0) is 37.6 Å². The number of urea groups is 1. The minimum absolute atomic E-state index is 0.0225. The topological polar surface area (TPSA) is 258 Å². The molecule has 4 aromatic rings. The number of ether oxygens (including phenoxy) is 3. The first-order valence-corrected chi connectivity index (χ1v) is 19.4. The molecule has 0 spiro atoms. The first-order valence-electron chi connectivity index (χ1n) is 15.3. The second-order valence-electron chi connectivity index (χ2n) is 11.1. The molecular formula is C30H32F4N8O11S3. The number of hydrogen-bond acceptors (Lipinski definition) is 15. The molecule has 3 amide bonds. The highest BCUT2D eigenvalue weighted by Crippen LogP contribution is 2.34. The van der Waals surface area contributed by atoms with Gasteiger partial charge in [-0.15, -0.1) is 5.10 Å². The van der Waals surface area contributed by atoms with Gasteiger partial charge in [0.25, 0.3) is 21.1 Å². The molecule has 4 rings (SSSR count). The van der Waals surface area contributed by atoms with Crippen LogP contribution in [0.5, 0.6) is 17.0 Å². The molecule has 0 aliphatic heterocycles. The molecule has 56 heavy (non-hydrogen) atoms. The average Bonchev–Trinajstić information content (AvgIpc) is 3.60. The van der Waals surface area contributed by atoms with Gasteiger partial charge in [0.15, 0.2) is 6.61 Å². The lowest BCUT2D eigenvalue weighted by molar-refractivity contribution is -0.138. The SMILES string of the molecule is CC(C)N(C(=O)COc1nnc(C(F)(F)F)s1)c1ccc(F)cc1.COc1cc(OC)nc(NC(=O)NS(=O)(=O)c2cc(CNS(C)(=O)=O)ccc2C(=O)O)n1. The maximum absolute atomic E-state index is 13.0. The van der Waals surface area contributed by atoms with Gasteiger partial charge in [0.05, 0.1) is 32.1 Å². The molecule has 0 atom stereocenters. The van der Waals surface area contributed by atoms with Crippen molar-refractivity contribution in [2.24, 2.45) is 0 Å². The molecule has 2 aromatic heterocycles. The Morgan fingerprint density at radius 1 is 0.946 bits per heavy atom. The van der Waals surface area contributed by atoms with Crippen molar-refractivity contribution >= 4 is 60.9 Å². The Morgan fingerprint density at radius 2 is 1.55 bits per heavy atom. The Bertz CT molecular complexity index is 2240. The van der Waals surface area contributed by atoms with E-state index in [0.29, 0.717) is 5.69 Å². The van der Waals surface area contributed by atoms with E-state index in [1.54, 1.807) is 18.6 Å². The van der Waals surface area contributed by atoms with Gasteiger partial charge in [0, 0.05) is 18.3 Å². The molecule has 0 radical (unpaired) electrons. The van der Waals surface area contributed by atoms with Crippen molar-refractivity contribution < 1.29 is 68.1 Å². The summed E-state index contributed by atoms with van der Waals surface area (Å²) in [5, 5.41) is 16.1. The van der Waals surface area contributed by atoms with Crippen molar-refractivity contribution in [2.75, 3.05) is 37.3 Å². The summed E-state index contributed by atoms with van der Waals surface area (Å²) >= 11 is 0.210. The first kappa shape index (κ1) is 44.7. The summed E-state index contributed by atoms with van der Waals surface area (Å²) in [6, 6.07) is 8.18. The van der Waals surface area contributed by atoms with E-state index < -0.39 is 72.0 Å². The molecule has 0 aliphatic rings. The highest BCUT2D eigenvalue weighted by molar-refractivity contribution is 7.90. The molecule has 4 N–H and O–H groups in total. The maximum Gasteiger partial charge on any atom is 0.445 e. The average molecular weight is 853 g/mol. The van der Waals surface area contributed by atoms with Crippen molar-refractivity contribution in [3.05, 3.63) is 70.5 Å². The molecule has 26 heteroatoms. The lowest BCUT2D eigenvalue weighted by atomic mass is 10.1. The Balaban J connectivity index is 0.000000313. The number of benzene rings is 2. The number of nitrogens with one attached hydrogen (secondary N) is 3. The van der Waals surface area contributed by atoms with Gasteiger partial charge < -0.3 is 24.2 Å². The number of carboxylic acid groups (broad SMARTS) is 1. The Kier molecular flexibility index (Phi) is 14.9. The van der Waals surface area contributed by atoms with Crippen LogP contribution in [0.1, 0.15) is 34.8 Å². The fourth-order valence-electron chi connectivity index (χ4n) is 4.17. The van der Waals surface area contributed by atoms with Crippen molar-refractivity contribution in [1.29, 1.82) is 0 Å². The van der Waals surface area contributed by atoms with Crippen LogP contribution in [0.15, 0.2) is 53.4 Å². The fourth-order valence-corrected chi connectivity index (χ4v) is 6.32. The van der Waals surface area contributed by atoms with Crippen molar-refractivity contribution in [3.8, 4) is 17.0 Å². The molecule has 0 saturated heterocycles. The van der Waals surface area contributed by atoms with E-state index in [9.17, 15) is 53.9 Å². The third kappa shape index (κ3) is 13.2. The van der Waals surface area contributed by atoms with Crippen LogP contribution in [0.3, 0.4) is 0 Å². The predicted molar refractivity (Wildman–Crippen MR) is 189 cm³/mol. The molecule has 19 nitrogen and oxygen atoms in total. The summed E-state index contributed by atoms with van der Waals surface area (Å²) in [4.78, 5) is 44.2. The zero-order chi connectivity index (χ0) is 42.0. The van der Waals surface area contributed by atoms with E-state index in [0.717, 1.165) is 18.4 Å². The normalized spacial score (nSPS) is 11.5. The third-order valence-corrected chi connectivity index (χ3v) is 9.43. The van der Waals surface area contributed by atoms with E-state index in [4.69, 9.17) is 14.2 Å². The van der Waals surface area contributed by atoms with E-state index in [-0.39, 0.29) is 52.4 Å². The van der Waals surface area contributed by atoms with Crippen LogP contribution >= 0.6 is 11.3 Å². The number of anilines is 2. The summed E-state index contributed by atoms with van der Waals surface area (Å²) in [6.45, 7) is 2.68. The third-order valence-electron chi connectivity index (χ3n) is 6.51. The minimum atomic E-state index is -4.70. The summed E-state index contributed by atoms with van der Waals surface area (Å²) in [5.74, 6) is -2.82. The van der Waals surface area contributed by atoms with Gasteiger partial charge in [-0.1, -0.05) is 22.5 Å². The second kappa shape index (κ2) is 18.7. The van der Waals surface area contributed by atoms with Gasteiger partial charge in [-0.3, -0.25) is 10.1 Å². The number of hydrogen-bond donors (Lipinski definition) is 4. The molecule has 2 aromatic carbocycles. The zero-order valence-electron chi connectivity index (χ0n) is 29.6. The zero-order valence-corrected chi connectivity index (χ0v) is 32.1. The fraction of sp³-hybridized carbons (Fsp3) is 0.300. The van der Waals surface area contributed by atoms with Crippen LogP contribution in [0, 0.1) is 5.82 Å². The van der Waals surface area contributed by atoms with Gasteiger partial charge in [-0.2, -0.15) is 23.1 Å². The second-order valence-corrected chi connectivity index (χ2v) is 15.5. The monoisotopic (exact) mass is 852 g/mol. The summed E-state index contributed by atoms with van der Waals surface area (Å²) in [6.07, 6.45) is -3.71. The number of carboxylic acids is 1. The predicted octanol–water partition coefficient (Wildman–Crippen LogP) is 3.27. The molecule has 0 aliphatic carbocycles. The number of sulfonamides is 2. The number of methoxy groups -OCH3 is 2. The number of carbonyl (C=O) groups is 3. The minimum Gasteiger partial charge on any atom is -0.481 e. The van der Waals surface area contributed by atoms with Gasteiger partial charge >= 0.3 is 18.2 Å². The van der Waals surface area contributed by atoms with Gasteiger partial charge in [-0.05, 0) is 55.8 Å². The molecule has 304 valence electrons. The lowest BCUT2D eigenvalue weighted by Gasteiger charge is -2.26. The van der Waals surface area contributed by atoms with Gasteiger partial charge in [0.1, 0.15) is 10.7 Å². The summed E-state index contributed by atoms with van der Waals surface area (Å²) < 4.78 is 117. The summed E-state index contributed by atoms with van der Waals surface area (Å²) in [5.41, 5.74) is -0.0389. The maximum atomic E-state index is 13.0. The van der Waals surface area contributed by atoms with Crippen molar-refractivity contribution in [2.45, 2.75) is 37.5 Å². The van der Waals surface area contributed by atoms with Crippen molar-refractivity contribution in [3.63, 3.8) is 0 Å². The molecule has 0 bridgehead atoms. The number of rotatable bonds is 14. The highest BCUT2D eigenvalue weighted by Gasteiger charge is 2.36. The van der Waals surface area contributed by atoms with E-state index in [1.807, 2.05) is 0 Å². The molecule has 2 heterocycles.